The van der Waals surface area contributed by atoms with Crippen molar-refractivity contribution in [2.45, 2.75) is 207 Å². The summed E-state index contributed by atoms with van der Waals surface area (Å²) >= 11 is 0. The van der Waals surface area contributed by atoms with Crippen LogP contribution in [0.3, 0.4) is 0 Å². The van der Waals surface area contributed by atoms with Crippen molar-refractivity contribution in [3.8, 4) is 0 Å². The minimum Gasteiger partial charge on any atom is -0.462 e. The second kappa shape index (κ2) is 40.1. The lowest BCUT2D eigenvalue weighted by atomic mass is 10.0. The van der Waals surface area contributed by atoms with E-state index in [9.17, 15) is 14.4 Å². The predicted molar refractivity (Wildman–Crippen MR) is 215 cm³/mol. The molecule has 0 fully saturated rings. The first-order valence-electron chi connectivity index (χ1n) is 21.1. The molecule has 1 atom stereocenters. The van der Waals surface area contributed by atoms with Gasteiger partial charge in [0.25, 0.3) is 0 Å². The van der Waals surface area contributed by atoms with E-state index in [4.69, 9.17) is 14.2 Å². The molecular formula is C45H78O6. The third kappa shape index (κ3) is 38.4. The maximum atomic E-state index is 12.6. The molecule has 0 bridgehead atoms. The second-order valence-corrected chi connectivity index (χ2v) is 13.9. The van der Waals surface area contributed by atoms with Crippen molar-refractivity contribution in [3.05, 3.63) is 48.6 Å². The van der Waals surface area contributed by atoms with Gasteiger partial charge in [0.2, 0.25) is 0 Å². The maximum Gasteiger partial charge on any atom is 0.306 e. The van der Waals surface area contributed by atoms with Crippen LogP contribution in [0.5, 0.6) is 0 Å². The Morgan fingerprint density at radius 3 is 1.20 bits per heavy atom. The third-order valence-corrected chi connectivity index (χ3v) is 8.86. The average Bonchev–Trinajstić information content (AvgIpc) is 3.12. The fourth-order valence-corrected chi connectivity index (χ4v) is 5.69. The first-order chi connectivity index (χ1) is 25.0. The second-order valence-electron chi connectivity index (χ2n) is 13.9. The fourth-order valence-electron chi connectivity index (χ4n) is 5.69. The molecule has 0 N–H and O–H groups in total. The molecule has 0 amide bonds. The molecule has 0 saturated heterocycles. The summed E-state index contributed by atoms with van der Waals surface area (Å²) < 4.78 is 16.6. The van der Waals surface area contributed by atoms with Crippen molar-refractivity contribution in [1.29, 1.82) is 0 Å². The van der Waals surface area contributed by atoms with Crippen molar-refractivity contribution < 1.29 is 28.6 Å². The van der Waals surface area contributed by atoms with Crippen molar-refractivity contribution in [2.24, 2.45) is 0 Å². The Morgan fingerprint density at radius 1 is 0.412 bits per heavy atom. The minimum atomic E-state index is -0.793. The molecular weight excluding hydrogens is 636 g/mol. The van der Waals surface area contributed by atoms with Gasteiger partial charge < -0.3 is 14.2 Å². The molecule has 51 heavy (non-hydrogen) atoms. The van der Waals surface area contributed by atoms with Gasteiger partial charge in [-0.1, -0.05) is 185 Å². The van der Waals surface area contributed by atoms with Crippen LogP contribution < -0.4 is 0 Å². The highest BCUT2D eigenvalue weighted by atomic mass is 16.6. The lowest BCUT2D eigenvalue weighted by molar-refractivity contribution is -0.166. The van der Waals surface area contributed by atoms with Gasteiger partial charge in [0.1, 0.15) is 13.2 Å². The summed E-state index contributed by atoms with van der Waals surface area (Å²) in [5.41, 5.74) is 0. The highest BCUT2D eigenvalue weighted by molar-refractivity contribution is 5.71. The first kappa shape index (κ1) is 48.4. The Bertz CT molecular complexity index is 918. The van der Waals surface area contributed by atoms with Crippen LogP contribution in [0.15, 0.2) is 48.6 Å². The molecule has 0 heterocycles. The van der Waals surface area contributed by atoms with Crippen LogP contribution in [0.25, 0.3) is 0 Å². The number of esters is 3. The number of unbranched alkanes of at least 4 members (excludes halogenated alkanes) is 18. The lowest BCUT2D eigenvalue weighted by Gasteiger charge is -2.18. The molecule has 294 valence electrons. The molecule has 0 spiro atoms. The molecule has 0 aromatic carbocycles. The zero-order valence-corrected chi connectivity index (χ0v) is 33.4. The summed E-state index contributed by atoms with van der Waals surface area (Å²) in [6, 6.07) is 0. The Kier molecular flexibility index (Phi) is 38.1. The molecule has 0 radical (unpaired) electrons. The molecule has 0 aliphatic rings. The normalized spacial score (nSPS) is 12.5. The Labute approximate surface area is 314 Å². The van der Waals surface area contributed by atoms with Gasteiger partial charge in [-0.3, -0.25) is 14.4 Å². The van der Waals surface area contributed by atoms with Gasteiger partial charge in [-0.05, 0) is 44.9 Å². The van der Waals surface area contributed by atoms with Crippen molar-refractivity contribution in [3.63, 3.8) is 0 Å². The largest absolute Gasteiger partial charge is 0.462 e. The zero-order valence-electron chi connectivity index (χ0n) is 33.4. The number of hydrogen-bond donors (Lipinski definition) is 0. The van der Waals surface area contributed by atoms with Crippen LogP contribution in [-0.4, -0.2) is 37.2 Å². The number of carbonyl (C=O) groups is 3. The van der Waals surface area contributed by atoms with Gasteiger partial charge in [0.05, 0.1) is 0 Å². The Morgan fingerprint density at radius 2 is 0.765 bits per heavy atom. The van der Waals surface area contributed by atoms with Gasteiger partial charge in [-0.25, -0.2) is 0 Å². The van der Waals surface area contributed by atoms with E-state index < -0.39 is 6.10 Å². The van der Waals surface area contributed by atoms with Crippen LogP contribution in [-0.2, 0) is 28.6 Å². The summed E-state index contributed by atoms with van der Waals surface area (Å²) in [6.07, 6.45) is 45.4. The number of ether oxygens (including phenoxy) is 3. The molecule has 0 rings (SSSR count). The van der Waals surface area contributed by atoms with Gasteiger partial charge in [-0.2, -0.15) is 0 Å². The van der Waals surface area contributed by atoms with Gasteiger partial charge >= 0.3 is 17.9 Å². The van der Waals surface area contributed by atoms with E-state index >= 15 is 0 Å². The number of rotatable bonds is 37. The van der Waals surface area contributed by atoms with E-state index in [2.05, 4.69) is 57.2 Å². The summed E-state index contributed by atoms with van der Waals surface area (Å²) in [5, 5.41) is 0. The van der Waals surface area contributed by atoms with Crippen molar-refractivity contribution in [1.82, 2.24) is 0 Å². The molecule has 0 aliphatic heterocycles. The van der Waals surface area contributed by atoms with Gasteiger partial charge in [0.15, 0.2) is 6.10 Å². The number of hydrogen-bond acceptors (Lipinski definition) is 6. The van der Waals surface area contributed by atoms with E-state index in [1.807, 2.05) is 12.2 Å². The molecule has 6 nitrogen and oxygen atoms in total. The lowest BCUT2D eigenvalue weighted by Crippen LogP contribution is -2.30. The zero-order chi connectivity index (χ0) is 37.3. The number of carbonyl (C=O) groups excluding carboxylic acids is 3. The third-order valence-electron chi connectivity index (χ3n) is 8.86. The standard InChI is InChI=1S/C45H78O6/c1-4-7-10-13-16-19-21-23-25-26-29-32-35-38-44(47)50-41-42(40-49-43(46)37-34-31-28-18-15-12-9-6-3)51-45(48)39-36-33-30-27-24-22-20-17-14-11-8-5-2/h7,10,16,19,23,25,29,32,42H,4-6,8-9,11-15,17-18,20-22,24,26-28,30-31,33-41H2,1-3H3/b10-7-,19-16-,25-23-,32-29-. The van der Waals surface area contributed by atoms with Gasteiger partial charge in [-0.15, -0.1) is 0 Å². The molecule has 0 saturated carbocycles. The first-order valence-corrected chi connectivity index (χ1v) is 21.1. The van der Waals surface area contributed by atoms with E-state index in [1.54, 1.807) is 0 Å². The minimum absolute atomic E-state index is 0.0931. The van der Waals surface area contributed by atoms with E-state index in [0.29, 0.717) is 19.3 Å². The molecule has 6 heteroatoms. The van der Waals surface area contributed by atoms with Crippen LogP contribution >= 0.6 is 0 Å². The smallest absolute Gasteiger partial charge is 0.306 e. The molecule has 0 aliphatic carbocycles. The number of allylic oxidation sites excluding steroid dienone is 8. The van der Waals surface area contributed by atoms with Crippen LogP contribution in [0.2, 0.25) is 0 Å². The topological polar surface area (TPSA) is 78.9 Å². The van der Waals surface area contributed by atoms with Crippen LogP contribution in [0, 0.1) is 0 Å². The van der Waals surface area contributed by atoms with E-state index in [1.165, 1.54) is 89.9 Å². The van der Waals surface area contributed by atoms with E-state index in [0.717, 1.165) is 64.2 Å². The molecule has 0 aromatic heterocycles. The maximum absolute atomic E-state index is 12.6. The van der Waals surface area contributed by atoms with Crippen molar-refractivity contribution in [2.75, 3.05) is 13.2 Å². The quantitative estimate of drug-likeness (QED) is 0.0276. The SMILES string of the molecule is CC/C=C\C/C=C\C/C=C\C/C=C\CCC(=O)OCC(COC(=O)CCCCCCCCCC)OC(=O)CCCCCCCCCCCCCC. The van der Waals surface area contributed by atoms with Crippen LogP contribution in [0.4, 0.5) is 0 Å². The van der Waals surface area contributed by atoms with Crippen LogP contribution in [0.1, 0.15) is 201 Å². The molecule has 0 aromatic rings. The van der Waals surface area contributed by atoms with Crippen molar-refractivity contribution >= 4 is 17.9 Å². The average molecular weight is 715 g/mol. The summed E-state index contributed by atoms with van der Waals surface area (Å²) in [5.74, 6) is -0.986. The highest BCUT2D eigenvalue weighted by Gasteiger charge is 2.19. The monoisotopic (exact) mass is 715 g/mol. The summed E-state index contributed by atoms with van der Waals surface area (Å²) in [4.78, 5) is 37.5. The Hall–Kier alpha value is -2.63. The van der Waals surface area contributed by atoms with E-state index in [-0.39, 0.29) is 37.5 Å². The predicted octanol–water partition coefficient (Wildman–Crippen LogP) is 13.2. The Balaban J connectivity index is 4.45. The summed E-state index contributed by atoms with van der Waals surface area (Å²) in [6.45, 7) is 6.40. The fraction of sp³-hybridized carbons (Fsp3) is 0.756. The molecule has 1 unspecified atom stereocenters. The summed E-state index contributed by atoms with van der Waals surface area (Å²) in [7, 11) is 0. The highest BCUT2D eigenvalue weighted by Crippen LogP contribution is 2.14. The van der Waals surface area contributed by atoms with Gasteiger partial charge in [0, 0.05) is 19.3 Å².